The van der Waals surface area contributed by atoms with Gasteiger partial charge < -0.3 is 10.7 Å². The second-order valence-corrected chi connectivity index (χ2v) is 4.71. The summed E-state index contributed by atoms with van der Waals surface area (Å²) < 4.78 is 0. The van der Waals surface area contributed by atoms with Crippen LogP contribution in [-0.2, 0) is 0 Å². The van der Waals surface area contributed by atoms with Crippen LogP contribution in [0.1, 0.15) is 0 Å². The summed E-state index contributed by atoms with van der Waals surface area (Å²) >= 11 is 5.91. The second kappa shape index (κ2) is 4.50. The topological polar surface area (TPSA) is 97.8 Å². The lowest BCUT2D eigenvalue weighted by Crippen LogP contribution is -1.94. The number of nitrogen functional groups attached to an aromatic ring is 1. The highest BCUT2D eigenvalue weighted by atomic mass is 35.5. The molecule has 0 saturated carbocycles. The van der Waals surface area contributed by atoms with Crippen LogP contribution in [0.25, 0.3) is 22.4 Å². The van der Waals surface area contributed by atoms with E-state index in [1.165, 1.54) is 12.1 Å². The van der Waals surface area contributed by atoms with Crippen LogP contribution in [0.4, 0.5) is 11.4 Å². The van der Waals surface area contributed by atoms with Gasteiger partial charge in [-0.1, -0.05) is 11.6 Å². The monoisotopic (exact) mass is 288 g/mol. The minimum Gasteiger partial charge on any atom is -0.398 e. The lowest BCUT2D eigenvalue weighted by molar-refractivity contribution is -0.384. The summed E-state index contributed by atoms with van der Waals surface area (Å²) in [6, 6.07) is 9.58. The standard InChI is InChI=1S/C13H9ClN4O2/c14-7-1-4-11-12(5-7)17-13(16-11)9-3-2-8(18(19)20)6-10(9)15/h1-6H,15H2,(H,16,17). The van der Waals surface area contributed by atoms with Gasteiger partial charge in [0.25, 0.3) is 5.69 Å². The lowest BCUT2D eigenvalue weighted by atomic mass is 10.1. The summed E-state index contributed by atoms with van der Waals surface area (Å²) in [5, 5.41) is 11.3. The molecular weight excluding hydrogens is 280 g/mol. The molecule has 6 nitrogen and oxygen atoms in total. The second-order valence-electron chi connectivity index (χ2n) is 4.28. The smallest absolute Gasteiger partial charge is 0.271 e. The molecule has 0 saturated heterocycles. The number of nitrogens with one attached hydrogen (secondary N) is 1. The molecule has 2 aromatic carbocycles. The summed E-state index contributed by atoms with van der Waals surface area (Å²) in [6.07, 6.45) is 0. The van der Waals surface area contributed by atoms with Crippen molar-refractivity contribution < 1.29 is 4.92 Å². The molecule has 3 rings (SSSR count). The van der Waals surface area contributed by atoms with Gasteiger partial charge in [0.1, 0.15) is 5.82 Å². The van der Waals surface area contributed by atoms with Gasteiger partial charge in [-0.25, -0.2) is 4.98 Å². The fourth-order valence-corrected chi connectivity index (χ4v) is 2.16. The fourth-order valence-electron chi connectivity index (χ4n) is 1.99. The first-order valence-corrected chi connectivity index (χ1v) is 6.12. The van der Waals surface area contributed by atoms with E-state index >= 15 is 0 Å². The van der Waals surface area contributed by atoms with Crippen molar-refractivity contribution in [2.24, 2.45) is 0 Å². The molecule has 0 aliphatic carbocycles. The molecule has 3 aromatic rings. The Balaban J connectivity index is 2.13. The number of aromatic nitrogens is 2. The van der Waals surface area contributed by atoms with E-state index in [1.807, 2.05) is 0 Å². The summed E-state index contributed by atoms with van der Waals surface area (Å²) in [4.78, 5) is 17.7. The Morgan fingerprint density at radius 2 is 2.05 bits per heavy atom. The first-order valence-electron chi connectivity index (χ1n) is 5.74. The number of anilines is 1. The fraction of sp³-hybridized carbons (Fsp3) is 0. The maximum Gasteiger partial charge on any atom is 0.271 e. The van der Waals surface area contributed by atoms with E-state index in [0.29, 0.717) is 22.1 Å². The maximum atomic E-state index is 10.7. The van der Waals surface area contributed by atoms with Crippen molar-refractivity contribution in [3.05, 3.63) is 51.5 Å². The van der Waals surface area contributed by atoms with Gasteiger partial charge in [0, 0.05) is 28.4 Å². The Bertz CT molecular complexity index is 828. The van der Waals surface area contributed by atoms with Crippen LogP contribution in [0.3, 0.4) is 0 Å². The van der Waals surface area contributed by atoms with Crippen molar-refractivity contribution in [2.75, 3.05) is 5.73 Å². The molecule has 1 heterocycles. The number of nitrogens with two attached hydrogens (primary N) is 1. The molecule has 20 heavy (non-hydrogen) atoms. The first-order chi connectivity index (χ1) is 9.54. The zero-order valence-corrected chi connectivity index (χ0v) is 10.9. The van der Waals surface area contributed by atoms with E-state index < -0.39 is 4.92 Å². The van der Waals surface area contributed by atoms with Gasteiger partial charge in [0.2, 0.25) is 0 Å². The van der Waals surface area contributed by atoms with Crippen LogP contribution in [0.5, 0.6) is 0 Å². The number of rotatable bonds is 2. The molecule has 7 heteroatoms. The van der Waals surface area contributed by atoms with Crippen molar-refractivity contribution in [3.63, 3.8) is 0 Å². The largest absolute Gasteiger partial charge is 0.398 e. The van der Waals surface area contributed by atoms with Crippen LogP contribution in [0.15, 0.2) is 36.4 Å². The van der Waals surface area contributed by atoms with Gasteiger partial charge in [0.15, 0.2) is 0 Å². The predicted molar refractivity (Wildman–Crippen MR) is 77.6 cm³/mol. The quantitative estimate of drug-likeness (QED) is 0.429. The van der Waals surface area contributed by atoms with Crippen molar-refractivity contribution in [3.8, 4) is 11.4 Å². The molecule has 1 aromatic heterocycles. The van der Waals surface area contributed by atoms with Crippen LogP contribution in [-0.4, -0.2) is 14.9 Å². The number of nitrogens with zero attached hydrogens (tertiary/aromatic N) is 2. The van der Waals surface area contributed by atoms with Crippen molar-refractivity contribution in [1.29, 1.82) is 0 Å². The van der Waals surface area contributed by atoms with Gasteiger partial charge in [-0.05, 0) is 24.3 Å². The summed E-state index contributed by atoms with van der Waals surface area (Å²) in [6.45, 7) is 0. The molecule has 0 atom stereocenters. The number of nitro groups is 1. The average molecular weight is 289 g/mol. The summed E-state index contributed by atoms with van der Waals surface area (Å²) in [7, 11) is 0. The molecule has 0 amide bonds. The molecule has 0 radical (unpaired) electrons. The number of aromatic amines is 1. The maximum absolute atomic E-state index is 10.7. The third-order valence-corrected chi connectivity index (χ3v) is 3.18. The first kappa shape index (κ1) is 12.4. The van der Waals surface area contributed by atoms with Crippen LogP contribution in [0, 0.1) is 10.1 Å². The number of hydrogen-bond donors (Lipinski definition) is 2. The Morgan fingerprint density at radius 1 is 1.25 bits per heavy atom. The third kappa shape index (κ3) is 2.06. The minimum absolute atomic E-state index is 0.0506. The Morgan fingerprint density at radius 3 is 2.75 bits per heavy atom. The van der Waals surface area contributed by atoms with E-state index in [0.717, 1.165) is 11.0 Å². The van der Waals surface area contributed by atoms with Crippen LogP contribution >= 0.6 is 11.6 Å². The third-order valence-electron chi connectivity index (χ3n) is 2.95. The van der Waals surface area contributed by atoms with Gasteiger partial charge in [0.05, 0.1) is 16.0 Å². The predicted octanol–water partition coefficient (Wildman–Crippen LogP) is 3.37. The number of nitro benzene ring substituents is 1. The number of H-pyrrole nitrogens is 1. The molecule has 0 unspecified atom stereocenters. The molecule has 0 bridgehead atoms. The highest BCUT2D eigenvalue weighted by Gasteiger charge is 2.13. The van der Waals surface area contributed by atoms with Crippen molar-refractivity contribution >= 4 is 34.0 Å². The van der Waals surface area contributed by atoms with E-state index in [-0.39, 0.29) is 5.69 Å². The van der Waals surface area contributed by atoms with Crippen LogP contribution < -0.4 is 5.73 Å². The molecule has 0 fully saturated rings. The highest BCUT2D eigenvalue weighted by molar-refractivity contribution is 6.31. The molecular formula is C13H9ClN4O2. The summed E-state index contributed by atoms with van der Waals surface area (Å²) in [5.41, 5.74) is 8.25. The normalized spacial score (nSPS) is 10.8. The molecule has 0 aliphatic rings. The average Bonchev–Trinajstić information content (AvgIpc) is 2.80. The molecule has 0 aliphatic heterocycles. The molecule has 0 spiro atoms. The van der Waals surface area contributed by atoms with Gasteiger partial charge in [-0.2, -0.15) is 0 Å². The van der Waals surface area contributed by atoms with E-state index in [1.54, 1.807) is 24.3 Å². The Hall–Kier alpha value is -2.60. The zero-order chi connectivity index (χ0) is 14.3. The SMILES string of the molecule is Nc1cc([N+](=O)[O-])ccc1-c1nc2ccc(Cl)cc2[nH]1. The van der Waals surface area contributed by atoms with Crippen LogP contribution in [0.2, 0.25) is 5.02 Å². The number of fused-ring (bicyclic) bond motifs is 1. The van der Waals surface area contributed by atoms with Crippen molar-refractivity contribution in [2.45, 2.75) is 0 Å². The van der Waals surface area contributed by atoms with Gasteiger partial charge >= 0.3 is 0 Å². The van der Waals surface area contributed by atoms with Gasteiger partial charge in [-0.15, -0.1) is 0 Å². The number of halogens is 1. The summed E-state index contributed by atoms with van der Waals surface area (Å²) in [5.74, 6) is 0.551. The highest BCUT2D eigenvalue weighted by Crippen LogP contribution is 2.29. The Kier molecular flexibility index (Phi) is 2.80. The van der Waals surface area contributed by atoms with E-state index in [2.05, 4.69) is 9.97 Å². The zero-order valence-electron chi connectivity index (χ0n) is 10.1. The molecule has 3 N–H and O–H groups in total. The number of benzene rings is 2. The van der Waals surface area contributed by atoms with Gasteiger partial charge in [-0.3, -0.25) is 10.1 Å². The van der Waals surface area contributed by atoms with Crippen molar-refractivity contribution in [1.82, 2.24) is 9.97 Å². The lowest BCUT2D eigenvalue weighted by Gasteiger charge is -2.01. The number of hydrogen-bond acceptors (Lipinski definition) is 4. The number of imidazole rings is 1. The van der Waals surface area contributed by atoms with E-state index in [4.69, 9.17) is 17.3 Å². The number of non-ortho nitro benzene ring substituents is 1. The van der Waals surface area contributed by atoms with E-state index in [9.17, 15) is 10.1 Å². The molecule has 100 valence electrons. The minimum atomic E-state index is -0.488. The Labute approximate surface area is 118 Å².